The monoisotopic (exact) mass is 310 g/mol. The average molecular weight is 311 g/mol. The number of carbonyl (C=O) groups excluding carboxylic acids is 1. The minimum atomic E-state index is 0. The number of carbonyl (C=O) groups is 1. The normalized spacial score (nSPS) is 19.5. The summed E-state index contributed by atoms with van der Waals surface area (Å²) in [6.07, 6.45) is 3.01. The Hall–Kier alpha value is -1.06. The molecule has 1 heterocycles. The van der Waals surface area contributed by atoms with Gasteiger partial charge in [0.2, 0.25) is 5.91 Å². The highest BCUT2D eigenvalue weighted by Gasteiger charge is 2.21. The lowest BCUT2D eigenvalue weighted by Crippen LogP contribution is -2.44. The molecule has 0 radical (unpaired) electrons. The van der Waals surface area contributed by atoms with Crippen LogP contribution in [0.2, 0.25) is 0 Å². The Kier molecular flexibility index (Phi) is 7.20. The first-order chi connectivity index (χ1) is 9.54. The van der Waals surface area contributed by atoms with Crippen LogP contribution < -0.4 is 10.6 Å². The highest BCUT2D eigenvalue weighted by molar-refractivity contribution is 5.85. The van der Waals surface area contributed by atoms with E-state index in [9.17, 15) is 4.79 Å². The Morgan fingerprint density at radius 2 is 2.00 bits per heavy atom. The van der Waals surface area contributed by atoms with Crippen molar-refractivity contribution in [2.45, 2.75) is 46.1 Å². The minimum Gasteiger partial charge on any atom is -0.353 e. The van der Waals surface area contributed by atoms with Crippen LogP contribution in [-0.4, -0.2) is 25.0 Å². The van der Waals surface area contributed by atoms with E-state index in [-0.39, 0.29) is 30.3 Å². The van der Waals surface area contributed by atoms with E-state index in [1.807, 2.05) is 0 Å². The van der Waals surface area contributed by atoms with Crippen LogP contribution in [0.5, 0.6) is 0 Å². The second-order valence-corrected chi connectivity index (χ2v) is 6.15. The SMILES string of the molecule is Cc1cc(C)cc(CC(C)NC(=O)C2CCCNC2)c1.Cl. The van der Waals surface area contributed by atoms with Gasteiger partial charge in [-0.1, -0.05) is 29.3 Å². The maximum absolute atomic E-state index is 12.2. The van der Waals surface area contributed by atoms with Crippen molar-refractivity contribution in [3.05, 3.63) is 34.9 Å². The van der Waals surface area contributed by atoms with Gasteiger partial charge in [-0.15, -0.1) is 12.4 Å². The number of amides is 1. The van der Waals surface area contributed by atoms with Crippen LogP contribution in [0.15, 0.2) is 18.2 Å². The summed E-state index contributed by atoms with van der Waals surface area (Å²) in [6.45, 7) is 8.19. The highest BCUT2D eigenvalue weighted by atomic mass is 35.5. The van der Waals surface area contributed by atoms with E-state index < -0.39 is 0 Å². The van der Waals surface area contributed by atoms with Crippen molar-refractivity contribution in [1.29, 1.82) is 0 Å². The summed E-state index contributed by atoms with van der Waals surface area (Å²) in [5.41, 5.74) is 3.88. The Balaban J connectivity index is 0.00000220. The Morgan fingerprint density at radius 3 is 2.57 bits per heavy atom. The smallest absolute Gasteiger partial charge is 0.224 e. The van der Waals surface area contributed by atoms with Crippen LogP contribution in [0.1, 0.15) is 36.5 Å². The second-order valence-electron chi connectivity index (χ2n) is 6.15. The minimum absolute atomic E-state index is 0. The summed E-state index contributed by atoms with van der Waals surface area (Å²) in [4.78, 5) is 12.2. The fourth-order valence-corrected chi connectivity index (χ4v) is 3.03. The number of piperidine rings is 1. The quantitative estimate of drug-likeness (QED) is 0.898. The molecule has 2 rings (SSSR count). The third kappa shape index (κ3) is 5.68. The maximum atomic E-state index is 12.2. The number of aryl methyl sites for hydroxylation is 2. The van der Waals surface area contributed by atoms with Crippen LogP contribution in [0, 0.1) is 19.8 Å². The number of rotatable bonds is 4. The van der Waals surface area contributed by atoms with Gasteiger partial charge in [-0.25, -0.2) is 0 Å². The van der Waals surface area contributed by atoms with Crippen LogP contribution in [0.4, 0.5) is 0 Å². The fraction of sp³-hybridized carbons (Fsp3) is 0.588. The molecule has 1 aromatic rings. The molecule has 1 aliphatic rings. The first kappa shape index (κ1) is 18.0. The van der Waals surface area contributed by atoms with Crippen LogP contribution in [-0.2, 0) is 11.2 Å². The van der Waals surface area contributed by atoms with Crippen molar-refractivity contribution in [1.82, 2.24) is 10.6 Å². The molecule has 1 aromatic carbocycles. The Bertz CT molecular complexity index is 450. The van der Waals surface area contributed by atoms with Gasteiger partial charge in [-0.05, 0) is 52.1 Å². The van der Waals surface area contributed by atoms with E-state index in [0.717, 1.165) is 32.4 Å². The van der Waals surface area contributed by atoms with Gasteiger partial charge in [0.1, 0.15) is 0 Å². The molecule has 1 amide bonds. The molecular weight excluding hydrogens is 284 g/mol. The third-order valence-corrected chi connectivity index (χ3v) is 3.88. The molecule has 0 bridgehead atoms. The van der Waals surface area contributed by atoms with E-state index in [1.165, 1.54) is 16.7 Å². The van der Waals surface area contributed by atoms with Gasteiger partial charge in [0.25, 0.3) is 0 Å². The van der Waals surface area contributed by atoms with Gasteiger partial charge in [0, 0.05) is 12.6 Å². The number of halogens is 1. The van der Waals surface area contributed by atoms with Gasteiger partial charge in [-0.3, -0.25) is 4.79 Å². The van der Waals surface area contributed by atoms with Crippen LogP contribution >= 0.6 is 12.4 Å². The van der Waals surface area contributed by atoms with Crippen molar-refractivity contribution in [3.63, 3.8) is 0 Å². The Morgan fingerprint density at radius 1 is 1.33 bits per heavy atom. The van der Waals surface area contributed by atoms with Gasteiger partial charge in [0.05, 0.1) is 5.92 Å². The summed E-state index contributed by atoms with van der Waals surface area (Å²) in [5.74, 6) is 0.347. The molecule has 21 heavy (non-hydrogen) atoms. The van der Waals surface area contributed by atoms with Crippen molar-refractivity contribution < 1.29 is 4.79 Å². The predicted molar refractivity (Wildman–Crippen MR) is 90.1 cm³/mol. The number of hydrogen-bond donors (Lipinski definition) is 2. The third-order valence-electron chi connectivity index (χ3n) is 3.88. The molecule has 0 aromatic heterocycles. The lowest BCUT2D eigenvalue weighted by atomic mass is 9.97. The molecule has 0 saturated carbocycles. The van der Waals surface area contributed by atoms with E-state index in [4.69, 9.17) is 0 Å². The molecule has 1 fully saturated rings. The van der Waals surface area contributed by atoms with E-state index in [1.54, 1.807) is 0 Å². The largest absolute Gasteiger partial charge is 0.353 e. The average Bonchev–Trinajstić information content (AvgIpc) is 2.38. The highest BCUT2D eigenvalue weighted by Crippen LogP contribution is 2.13. The van der Waals surface area contributed by atoms with E-state index in [2.05, 4.69) is 49.6 Å². The summed E-state index contributed by atoms with van der Waals surface area (Å²) >= 11 is 0. The molecule has 3 nitrogen and oxygen atoms in total. The number of nitrogens with one attached hydrogen (secondary N) is 2. The van der Waals surface area contributed by atoms with Crippen molar-refractivity contribution in [3.8, 4) is 0 Å². The first-order valence-electron chi connectivity index (χ1n) is 7.63. The molecule has 4 heteroatoms. The zero-order chi connectivity index (χ0) is 14.5. The van der Waals surface area contributed by atoms with Crippen molar-refractivity contribution >= 4 is 18.3 Å². The zero-order valence-electron chi connectivity index (χ0n) is 13.2. The molecule has 1 saturated heterocycles. The number of hydrogen-bond acceptors (Lipinski definition) is 2. The lowest BCUT2D eigenvalue weighted by Gasteiger charge is -2.24. The molecule has 0 spiro atoms. The summed E-state index contributed by atoms with van der Waals surface area (Å²) in [6, 6.07) is 6.78. The molecule has 0 aliphatic carbocycles. The topological polar surface area (TPSA) is 41.1 Å². The predicted octanol–water partition coefficient (Wildman–Crippen LogP) is 2.77. The fourth-order valence-electron chi connectivity index (χ4n) is 3.03. The molecule has 118 valence electrons. The molecule has 2 atom stereocenters. The van der Waals surface area contributed by atoms with Gasteiger partial charge < -0.3 is 10.6 Å². The van der Waals surface area contributed by atoms with Crippen LogP contribution in [0.25, 0.3) is 0 Å². The summed E-state index contributed by atoms with van der Waals surface area (Å²) in [7, 11) is 0. The van der Waals surface area contributed by atoms with E-state index >= 15 is 0 Å². The van der Waals surface area contributed by atoms with Gasteiger partial charge in [0.15, 0.2) is 0 Å². The molecule has 2 unspecified atom stereocenters. The zero-order valence-corrected chi connectivity index (χ0v) is 14.1. The van der Waals surface area contributed by atoms with Crippen molar-refractivity contribution in [2.24, 2.45) is 5.92 Å². The Labute approximate surface area is 134 Å². The standard InChI is InChI=1S/C17H26N2O.ClH/c1-12-7-13(2)9-15(8-12)10-14(3)19-17(20)16-5-4-6-18-11-16;/h7-9,14,16,18H,4-6,10-11H2,1-3H3,(H,19,20);1H. The molecular formula is C17H27ClN2O. The van der Waals surface area contributed by atoms with Crippen molar-refractivity contribution in [2.75, 3.05) is 13.1 Å². The number of benzene rings is 1. The van der Waals surface area contributed by atoms with Crippen LogP contribution in [0.3, 0.4) is 0 Å². The summed E-state index contributed by atoms with van der Waals surface area (Å²) in [5, 5.41) is 6.45. The van der Waals surface area contributed by atoms with Gasteiger partial charge in [-0.2, -0.15) is 0 Å². The maximum Gasteiger partial charge on any atom is 0.224 e. The molecule has 2 N–H and O–H groups in total. The van der Waals surface area contributed by atoms with E-state index in [0.29, 0.717) is 0 Å². The van der Waals surface area contributed by atoms with Gasteiger partial charge >= 0.3 is 0 Å². The first-order valence-corrected chi connectivity index (χ1v) is 7.63. The molecule has 1 aliphatic heterocycles. The summed E-state index contributed by atoms with van der Waals surface area (Å²) < 4.78 is 0. The lowest BCUT2D eigenvalue weighted by molar-refractivity contribution is -0.126. The second kappa shape index (κ2) is 8.40.